The molecule has 0 radical (unpaired) electrons. The normalized spacial score (nSPS) is 22.0. The van der Waals surface area contributed by atoms with Crippen LogP contribution >= 0.6 is 22.6 Å². The van der Waals surface area contributed by atoms with Gasteiger partial charge in [-0.2, -0.15) is 61.4 Å². The number of alkyl halides is 14. The lowest BCUT2D eigenvalue weighted by molar-refractivity contribution is -0.440. The maximum Gasteiger partial charge on any atom is 0.460 e. The molecular weight excluding hydrogens is 728 g/mol. The third-order valence-electron chi connectivity index (χ3n) is 6.58. The Morgan fingerprint density at radius 3 is 1.83 bits per heavy atom. The largest absolute Gasteiger partial charge is 0.460 e. The summed E-state index contributed by atoms with van der Waals surface area (Å²) in [7, 11) is -4.53. The Labute approximate surface area is 240 Å². The highest BCUT2D eigenvalue weighted by atomic mass is 127. The van der Waals surface area contributed by atoms with Crippen molar-refractivity contribution in [2.45, 2.75) is 67.4 Å². The third kappa shape index (κ3) is 6.13. The number of aryl methyl sites for hydroxylation is 1. The van der Waals surface area contributed by atoms with Crippen molar-refractivity contribution < 1.29 is 65.5 Å². The molecule has 1 aromatic rings. The molecule has 0 spiro atoms. The molecule has 1 heterocycles. The lowest BCUT2D eigenvalue weighted by atomic mass is 9.76. The van der Waals surface area contributed by atoms with Crippen LogP contribution in [0.15, 0.2) is 29.2 Å². The molecule has 3 nitrogen and oxygen atoms in total. The molecule has 41 heavy (non-hydrogen) atoms. The van der Waals surface area contributed by atoms with Crippen molar-refractivity contribution in [3.05, 3.63) is 29.8 Å². The molecular formula is C23H21F13INO2S. The predicted octanol–water partition coefficient (Wildman–Crippen LogP) is 7.58. The van der Waals surface area contributed by atoms with Crippen molar-refractivity contribution >= 4 is 32.6 Å². The van der Waals surface area contributed by atoms with Crippen LogP contribution in [-0.2, 0) is 10.0 Å². The Hall–Kier alpha value is -1.49. The van der Waals surface area contributed by atoms with Crippen LogP contribution in [0.3, 0.4) is 0 Å². The average molecular weight is 749 g/mol. The monoisotopic (exact) mass is 749 g/mol. The quantitative estimate of drug-likeness (QED) is 0.113. The van der Waals surface area contributed by atoms with E-state index in [1.54, 1.807) is 6.92 Å². The first-order valence-corrected chi connectivity index (χ1v) is 14.3. The fourth-order valence-electron chi connectivity index (χ4n) is 4.03. The molecule has 0 aromatic heterocycles. The van der Waals surface area contributed by atoms with Crippen molar-refractivity contribution in [1.82, 2.24) is 4.31 Å². The first-order valence-electron chi connectivity index (χ1n) is 11.3. The zero-order chi connectivity index (χ0) is 32.1. The number of nitrogens with zero attached hydrogens (tertiary/aromatic N) is 1. The second-order valence-electron chi connectivity index (χ2n) is 9.67. The molecule has 1 fully saturated rings. The Kier molecular flexibility index (Phi) is 9.77. The van der Waals surface area contributed by atoms with Gasteiger partial charge in [-0.3, -0.25) is 0 Å². The fraction of sp³-hybridized carbons (Fsp3) is 0.652. The predicted molar refractivity (Wildman–Crippen MR) is 128 cm³/mol. The standard InChI is InChI=1S/C23H21F13INO2S/c1-14-5-7-16(8-6-14)41(39,40)38-12-15(17(2,13-38)9-3-4-10-37)11-18(24,25)19(26,27)20(28,29)21(30,31)22(32,33)23(34,35)36/h5-8,15H,4,10-13H2,1-2H3. The summed E-state index contributed by atoms with van der Waals surface area (Å²) in [5, 5.41) is 0. The first-order chi connectivity index (χ1) is 18.2. The maximum atomic E-state index is 14.8. The van der Waals surface area contributed by atoms with E-state index in [0.717, 1.165) is 19.1 Å². The van der Waals surface area contributed by atoms with Gasteiger partial charge in [0.2, 0.25) is 10.0 Å². The van der Waals surface area contributed by atoms with Crippen molar-refractivity contribution in [1.29, 1.82) is 0 Å². The van der Waals surface area contributed by atoms with Crippen LogP contribution in [0.5, 0.6) is 0 Å². The van der Waals surface area contributed by atoms with E-state index in [9.17, 15) is 65.5 Å². The van der Waals surface area contributed by atoms with Crippen LogP contribution in [-0.4, -0.2) is 66.0 Å². The number of sulfonamides is 1. The Morgan fingerprint density at radius 2 is 1.37 bits per heavy atom. The molecule has 0 bridgehead atoms. The second kappa shape index (κ2) is 11.2. The SMILES string of the molecule is Cc1ccc(S(=O)(=O)N2CC(CC(F)(F)C(F)(F)C(F)(F)C(F)(F)C(F)(F)C(F)(F)F)C(C)(C#CCCI)C2)cc1. The van der Waals surface area contributed by atoms with Gasteiger partial charge >= 0.3 is 35.8 Å². The van der Waals surface area contributed by atoms with Gasteiger partial charge < -0.3 is 0 Å². The minimum atomic E-state index is -8.01. The Balaban J connectivity index is 2.55. The van der Waals surface area contributed by atoms with Crippen LogP contribution in [0.2, 0.25) is 0 Å². The highest BCUT2D eigenvalue weighted by molar-refractivity contribution is 14.1. The highest BCUT2D eigenvalue weighted by Crippen LogP contribution is 2.61. The van der Waals surface area contributed by atoms with E-state index in [1.165, 1.54) is 12.1 Å². The molecule has 1 aliphatic heterocycles. The molecule has 18 heteroatoms. The second-order valence-corrected chi connectivity index (χ2v) is 12.7. The van der Waals surface area contributed by atoms with E-state index in [0.29, 0.717) is 14.3 Å². The lowest BCUT2D eigenvalue weighted by Crippen LogP contribution is -2.70. The van der Waals surface area contributed by atoms with Crippen LogP contribution in [0, 0.1) is 30.1 Å². The number of halogens is 14. The smallest absolute Gasteiger partial charge is 0.207 e. The van der Waals surface area contributed by atoms with Crippen LogP contribution in [0.4, 0.5) is 57.1 Å². The summed E-state index contributed by atoms with van der Waals surface area (Å²) in [4.78, 5) is -0.371. The number of rotatable bonds is 9. The Bertz CT molecular complexity index is 1270. The maximum absolute atomic E-state index is 14.8. The van der Waals surface area contributed by atoms with E-state index in [4.69, 9.17) is 0 Å². The van der Waals surface area contributed by atoms with Gasteiger partial charge in [0.25, 0.3) is 0 Å². The summed E-state index contributed by atoms with van der Waals surface area (Å²) in [6, 6.07) is 4.99. The van der Waals surface area contributed by atoms with Crippen molar-refractivity contribution in [3.8, 4) is 11.8 Å². The van der Waals surface area contributed by atoms with Gasteiger partial charge in [0.15, 0.2) is 0 Å². The fourth-order valence-corrected chi connectivity index (χ4v) is 5.89. The number of hydrogen-bond donors (Lipinski definition) is 0. The van der Waals surface area contributed by atoms with E-state index < -0.39 is 76.7 Å². The highest BCUT2D eigenvalue weighted by Gasteiger charge is 2.90. The minimum absolute atomic E-state index is 0.0803. The molecule has 0 amide bonds. The molecule has 0 saturated carbocycles. The average Bonchev–Trinajstić information content (AvgIpc) is 3.14. The molecule has 2 atom stereocenters. The molecule has 234 valence electrons. The molecule has 2 rings (SSSR count). The van der Waals surface area contributed by atoms with E-state index >= 15 is 0 Å². The summed E-state index contributed by atoms with van der Waals surface area (Å²) in [5.74, 6) is -34.7. The summed E-state index contributed by atoms with van der Waals surface area (Å²) >= 11 is 1.85. The molecule has 0 aliphatic carbocycles. The molecule has 1 aliphatic rings. The van der Waals surface area contributed by atoms with Crippen molar-refractivity contribution in [2.24, 2.45) is 11.3 Å². The van der Waals surface area contributed by atoms with Gasteiger partial charge in [-0.1, -0.05) is 46.2 Å². The van der Waals surface area contributed by atoms with Gasteiger partial charge in [-0.25, -0.2) is 8.42 Å². The Morgan fingerprint density at radius 1 is 0.878 bits per heavy atom. The van der Waals surface area contributed by atoms with Gasteiger partial charge in [-0.05, 0) is 31.9 Å². The van der Waals surface area contributed by atoms with Gasteiger partial charge in [0.05, 0.1) is 4.90 Å². The molecule has 0 N–H and O–H groups in total. The van der Waals surface area contributed by atoms with E-state index in [1.807, 2.05) is 22.6 Å². The number of benzene rings is 1. The molecule has 1 aromatic carbocycles. The van der Waals surface area contributed by atoms with Crippen LogP contribution < -0.4 is 0 Å². The van der Waals surface area contributed by atoms with Crippen LogP contribution in [0.1, 0.15) is 25.3 Å². The van der Waals surface area contributed by atoms with Gasteiger partial charge in [0, 0.05) is 35.8 Å². The van der Waals surface area contributed by atoms with Crippen LogP contribution in [0.25, 0.3) is 0 Å². The van der Waals surface area contributed by atoms with Gasteiger partial charge in [-0.15, -0.1) is 5.92 Å². The minimum Gasteiger partial charge on any atom is -0.207 e. The first kappa shape index (κ1) is 35.7. The topological polar surface area (TPSA) is 37.4 Å². The molecule has 1 saturated heterocycles. The zero-order valence-corrected chi connectivity index (χ0v) is 23.9. The van der Waals surface area contributed by atoms with E-state index in [-0.39, 0.29) is 11.3 Å². The number of hydrogen-bond acceptors (Lipinski definition) is 2. The van der Waals surface area contributed by atoms with E-state index in [2.05, 4.69) is 11.8 Å². The summed E-state index contributed by atoms with van der Waals surface area (Å²) in [6.45, 7) is 0.802. The third-order valence-corrected chi connectivity index (χ3v) is 8.95. The molecule has 2 unspecified atom stereocenters. The van der Waals surface area contributed by atoms with Crippen molar-refractivity contribution in [3.63, 3.8) is 0 Å². The summed E-state index contributed by atoms with van der Waals surface area (Å²) in [5.41, 5.74) is -1.36. The zero-order valence-electron chi connectivity index (χ0n) is 20.9. The van der Waals surface area contributed by atoms with Gasteiger partial charge in [0.1, 0.15) is 0 Å². The summed E-state index contributed by atoms with van der Waals surface area (Å²) < 4.78 is 204. The summed E-state index contributed by atoms with van der Waals surface area (Å²) in [6.07, 6.45) is -9.94. The lowest BCUT2D eigenvalue weighted by Gasteiger charge is -2.41. The van der Waals surface area contributed by atoms with Crippen molar-refractivity contribution in [2.75, 3.05) is 17.5 Å².